The third kappa shape index (κ3) is 2.96. The minimum atomic E-state index is -0.626. The fourth-order valence-electron chi connectivity index (χ4n) is 2.31. The van der Waals surface area contributed by atoms with Crippen molar-refractivity contribution in [1.82, 2.24) is 0 Å². The molecule has 0 radical (unpaired) electrons. The molecule has 0 spiro atoms. The fraction of sp³-hybridized carbons (Fsp3) is 0.600. The van der Waals surface area contributed by atoms with E-state index in [2.05, 4.69) is 18.7 Å². The average molecular weight is 249 g/mol. The molecule has 1 aliphatic carbocycles. The largest absolute Gasteiger partial charge is 0.507 e. The van der Waals surface area contributed by atoms with Crippen molar-refractivity contribution in [3.05, 3.63) is 23.8 Å². The van der Waals surface area contributed by atoms with Crippen molar-refractivity contribution in [2.45, 2.75) is 45.8 Å². The number of nitrogens with zero attached hydrogens (tertiary/aromatic N) is 1. The molecular formula is C15H23NO2. The highest BCUT2D eigenvalue weighted by Crippen LogP contribution is 2.35. The lowest BCUT2D eigenvalue weighted by molar-refractivity contribution is 0.195. The van der Waals surface area contributed by atoms with E-state index in [-0.39, 0.29) is 5.75 Å². The Bertz CT molecular complexity index is 411. The number of rotatable bonds is 5. The lowest BCUT2D eigenvalue weighted by Crippen LogP contribution is -2.29. The summed E-state index contributed by atoms with van der Waals surface area (Å²) >= 11 is 0. The molecule has 1 aromatic rings. The number of aliphatic hydroxyl groups is 1. The average Bonchev–Trinajstić information content (AvgIpc) is 3.08. The number of benzene rings is 1. The topological polar surface area (TPSA) is 43.7 Å². The van der Waals surface area contributed by atoms with Gasteiger partial charge in [0.15, 0.2) is 0 Å². The van der Waals surface area contributed by atoms with Crippen LogP contribution < -0.4 is 4.90 Å². The first-order valence-corrected chi connectivity index (χ1v) is 6.76. The molecule has 1 saturated carbocycles. The standard InChI is InChI=1S/C15H23NO2/c1-10(2)9-16(12-4-5-12)13-6-7-14(11(3)17)15(18)8-13/h6-8,10-12,17-18H,4-5,9H2,1-3H3. The van der Waals surface area contributed by atoms with Crippen LogP contribution in [0.1, 0.15) is 45.3 Å². The predicted molar refractivity (Wildman–Crippen MR) is 73.9 cm³/mol. The molecular weight excluding hydrogens is 226 g/mol. The number of aromatic hydroxyl groups is 1. The number of phenols is 1. The van der Waals surface area contributed by atoms with Crippen molar-refractivity contribution in [2.75, 3.05) is 11.4 Å². The van der Waals surface area contributed by atoms with Gasteiger partial charge in [-0.3, -0.25) is 0 Å². The van der Waals surface area contributed by atoms with Crippen molar-refractivity contribution >= 4 is 5.69 Å². The lowest BCUT2D eigenvalue weighted by Gasteiger charge is -2.27. The Kier molecular flexibility index (Phi) is 3.81. The molecule has 2 rings (SSSR count). The highest BCUT2D eigenvalue weighted by molar-refractivity contribution is 5.55. The monoisotopic (exact) mass is 249 g/mol. The zero-order valence-electron chi connectivity index (χ0n) is 11.4. The zero-order valence-corrected chi connectivity index (χ0v) is 11.4. The summed E-state index contributed by atoms with van der Waals surface area (Å²) in [6.07, 6.45) is 1.86. The van der Waals surface area contributed by atoms with Crippen molar-refractivity contribution < 1.29 is 10.2 Å². The van der Waals surface area contributed by atoms with E-state index in [1.165, 1.54) is 12.8 Å². The van der Waals surface area contributed by atoms with E-state index in [1.54, 1.807) is 13.0 Å². The molecule has 1 unspecified atom stereocenters. The molecule has 2 N–H and O–H groups in total. The van der Waals surface area contributed by atoms with E-state index < -0.39 is 6.10 Å². The maximum atomic E-state index is 9.96. The van der Waals surface area contributed by atoms with E-state index in [1.807, 2.05) is 12.1 Å². The zero-order chi connectivity index (χ0) is 13.3. The molecule has 0 aliphatic heterocycles. The molecule has 18 heavy (non-hydrogen) atoms. The van der Waals surface area contributed by atoms with Gasteiger partial charge in [0.2, 0.25) is 0 Å². The second kappa shape index (κ2) is 5.19. The summed E-state index contributed by atoms with van der Waals surface area (Å²) in [6.45, 7) is 7.10. The van der Waals surface area contributed by atoms with Crippen molar-refractivity contribution in [3.8, 4) is 5.75 Å². The summed E-state index contributed by atoms with van der Waals surface area (Å²) in [6, 6.07) is 6.24. The first-order chi connectivity index (χ1) is 8.49. The smallest absolute Gasteiger partial charge is 0.123 e. The van der Waals surface area contributed by atoms with Gasteiger partial charge in [-0.25, -0.2) is 0 Å². The van der Waals surface area contributed by atoms with Crippen LogP contribution >= 0.6 is 0 Å². The Labute approximate surface area is 109 Å². The van der Waals surface area contributed by atoms with E-state index in [4.69, 9.17) is 0 Å². The maximum Gasteiger partial charge on any atom is 0.123 e. The highest BCUT2D eigenvalue weighted by Gasteiger charge is 2.29. The van der Waals surface area contributed by atoms with Crippen molar-refractivity contribution in [1.29, 1.82) is 0 Å². The number of hydrogen-bond donors (Lipinski definition) is 2. The van der Waals surface area contributed by atoms with Gasteiger partial charge < -0.3 is 15.1 Å². The molecule has 0 aromatic heterocycles. The Morgan fingerprint density at radius 1 is 1.28 bits per heavy atom. The lowest BCUT2D eigenvalue weighted by atomic mass is 10.1. The van der Waals surface area contributed by atoms with Crippen LogP contribution in [0.15, 0.2) is 18.2 Å². The van der Waals surface area contributed by atoms with Gasteiger partial charge in [0.1, 0.15) is 5.75 Å². The second-order valence-corrected chi connectivity index (χ2v) is 5.70. The van der Waals surface area contributed by atoms with Gasteiger partial charge in [0.25, 0.3) is 0 Å². The molecule has 3 heteroatoms. The van der Waals surface area contributed by atoms with Crippen LogP contribution in [0, 0.1) is 5.92 Å². The maximum absolute atomic E-state index is 9.96. The van der Waals surface area contributed by atoms with Crippen LogP contribution in [-0.2, 0) is 0 Å². The molecule has 0 amide bonds. The van der Waals surface area contributed by atoms with Gasteiger partial charge in [-0.2, -0.15) is 0 Å². The molecule has 1 fully saturated rings. The van der Waals surface area contributed by atoms with Crippen LogP contribution in [-0.4, -0.2) is 22.8 Å². The van der Waals surface area contributed by atoms with Crippen molar-refractivity contribution in [3.63, 3.8) is 0 Å². The molecule has 0 bridgehead atoms. The highest BCUT2D eigenvalue weighted by atomic mass is 16.3. The van der Waals surface area contributed by atoms with E-state index in [9.17, 15) is 10.2 Å². The van der Waals surface area contributed by atoms with Gasteiger partial charge in [-0.1, -0.05) is 19.9 Å². The normalized spacial score (nSPS) is 16.9. The summed E-state index contributed by atoms with van der Waals surface area (Å²) in [4.78, 5) is 2.37. The number of aliphatic hydroxyl groups excluding tert-OH is 1. The third-order valence-corrected chi connectivity index (χ3v) is 3.35. The molecule has 100 valence electrons. The van der Waals surface area contributed by atoms with Crippen molar-refractivity contribution in [2.24, 2.45) is 5.92 Å². The Morgan fingerprint density at radius 3 is 2.39 bits per heavy atom. The summed E-state index contributed by atoms with van der Waals surface area (Å²) in [5, 5.41) is 19.5. The van der Waals surface area contributed by atoms with E-state index in [0.29, 0.717) is 17.5 Å². The molecule has 1 aliphatic rings. The number of phenolic OH excluding ortho intramolecular Hbond substituents is 1. The molecule has 1 aromatic carbocycles. The van der Waals surface area contributed by atoms with Crippen LogP contribution in [0.25, 0.3) is 0 Å². The Balaban J connectivity index is 2.22. The van der Waals surface area contributed by atoms with Crippen LogP contribution in [0.5, 0.6) is 5.75 Å². The van der Waals surface area contributed by atoms with E-state index >= 15 is 0 Å². The Hall–Kier alpha value is -1.22. The summed E-state index contributed by atoms with van der Waals surface area (Å²) < 4.78 is 0. The van der Waals surface area contributed by atoms with Gasteiger partial charge in [0.05, 0.1) is 6.10 Å². The number of anilines is 1. The third-order valence-electron chi connectivity index (χ3n) is 3.35. The molecule has 0 heterocycles. The minimum Gasteiger partial charge on any atom is -0.507 e. The van der Waals surface area contributed by atoms with Crippen LogP contribution in [0.4, 0.5) is 5.69 Å². The van der Waals surface area contributed by atoms with Gasteiger partial charge in [-0.15, -0.1) is 0 Å². The van der Waals surface area contributed by atoms with Gasteiger partial charge in [0, 0.05) is 29.9 Å². The number of hydrogen-bond acceptors (Lipinski definition) is 3. The molecule has 0 saturated heterocycles. The summed E-state index contributed by atoms with van der Waals surface area (Å²) in [5.74, 6) is 0.793. The van der Waals surface area contributed by atoms with Crippen LogP contribution in [0.3, 0.4) is 0 Å². The quantitative estimate of drug-likeness (QED) is 0.843. The second-order valence-electron chi connectivity index (χ2n) is 5.70. The van der Waals surface area contributed by atoms with E-state index in [0.717, 1.165) is 12.2 Å². The summed E-state index contributed by atoms with van der Waals surface area (Å²) in [7, 11) is 0. The van der Waals surface area contributed by atoms with Gasteiger partial charge in [-0.05, 0) is 31.7 Å². The SMILES string of the molecule is CC(C)CN(c1ccc(C(C)O)c(O)c1)C1CC1. The molecule has 3 nitrogen and oxygen atoms in total. The fourth-order valence-corrected chi connectivity index (χ4v) is 2.31. The summed E-state index contributed by atoms with van der Waals surface area (Å²) in [5.41, 5.74) is 1.66. The predicted octanol–water partition coefficient (Wildman–Crippen LogP) is 3.07. The Morgan fingerprint density at radius 2 is 1.94 bits per heavy atom. The first kappa shape index (κ1) is 13.2. The first-order valence-electron chi connectivity index (χ1n) is 6.76. The minimum absolute atomic E-state index is 0.192. The van der Waals surface area contributed by atoms with Gasteiger partial charge >= 0.3 is 0 Å². The molecule has 1 atom stereocenters. The van der Waals surface area contributed by atoms with Crippen LogP contribution in [0.2, 0.25) is 0 Å².